The van der Waals surface area contributed by atoms with Crippen molar-refractivity contribution in [2.45, 2.75) is 51.2 Å². The van der Waals surface area contributed by atoms with E-state index < -0.39 is 0 Å². The molecule has 2 atom stereocenters. The highest BCUT2D eigenvalue weighted by Gasteiger charge is 2.25. The van der Waals surface area contributed by atoms with E-state index >= 15 is 0 Å². The predicted octanol–water partition coefficient (Wildman–Crippen LogP) is 2.30. The van der Waals surface area contributed by atoms with Crippen LogP contribution in [-0.2, 0) is 6.54 Å². The van der Waals surface area contributed by atoms with Crippen molar-refractivity contribution in [3.05, 3.63) is 35.9 Å². The first-order chi connectivity index (χ1) is 12.8. The summed E-state index contributed by atoms with van der Waals surface area (Å²) in [4.78, 5) is 9.60. The second kappa shape index (κ2) is 9.93. The zero-order chi connectivity index (χ0) is 18.2. The van der Waals surface area contributed by atoms with E-state index in [2.05, 4.69) is 62.7 Å². The summed E-state index contributed by atoms with van der Waals surface area (Å²) in [6.07, 6.45) is 5.18. The summed E-state index contributed by atoms with van der Waals surface area (Å²) < 4.78 is 0. The Balaban J connectivity index is 1.44. The van der Waals surface area contributed by atoms with E-state index in [9.17, 15) is 0 Å². The summed E-state index contributed by atoms with van der Waals surface area (Å²) in [5, 5.41) is 7.11. The molecule has 26 heavy (non-hydrogen) atoms. The van der Waals surface area contributed by atoms with Crippen molar-refractivity contribution in [3.8, 4) is 0 Å². The molecule has 1 aromatic carbocycles. The minimum absolute atomic E-state index is 0.590. The Morgan fingerprint density at radius 2 is 1.62 bits per heavy atom. The Hall–Kier alpha value is -1.59. The first-order valence-corrected chi connectivity index (χ1v) is 10.3. The molecule has 5 nitrogen and oxygen atoms in total. The third-order valence-corrected chi connectivity index (χ3v) is 5.87. The summed E-state index contributed by atoms with van der Waals surface area (Å²) in [6, 6.07) is 12.0. The summed E-state index contributed by atoms with van der Waals surface area (Å²) in [7, 11) is 1.87. The second-order valence-corrected chi connectivity index (χ2v) is 7.51. The highest BCUT2D eigenvalue weighted by molar-refractivity contribution is 5.79. The maximum Gasteiger partial charge on any atom is 0.191 e. The average molecular weight is 358 g/mol. The summed E-state index contributed by atoms with van der Waals surface area (Å²) in [6.45, 7) is 8.85. The van der Waals surface area contributed by atoms with E-state index in [-0.39, 0.29) is 0 Å². The van der Waals surface area contributed by atoms with E-state index in [0.717, 1.165) is 32.1 Å². The van der Waals surface area contributed by atoms with Crippen LogP contribution in [-0.4, -0.2) is 67.6 Å². The van der Waals surface area contributed by atoms with Gasteiger partial charge in [-0.05, 0) is 50.9 Å². The molecular formula is C21H35N5. The van der Waals surface area contributed by atoms with Gasteiger partial charge in [-0.25, -0.2) is 0 Å². The molecule has 5 heteroatoms. The minimum atomic E-state index is 0.590. The van der Waals surface area contributed by atoms with E-state index in [4.69, 9.17) is 0 Å². The lowest BCUT2D eigenvalue weighted by atomic mass is 10.2. The van der Waals surface area contributed by atoms with Gasteiger partial charge >= 0.3 is 0 Å². The Bertz CT molecular complexity index is 559. The maximum atomic E-state index is 4.43. The molecule has 3 rings (SSSR count). The zero-order valence-electron chi connectivity index (χ0n) is 16.5. The highest BCUT2D eigenvalue weighted by atomic mass is 15.2. The number of hydrogen-bond donors (Lipinski definition) is 2. The van der Waals surface area contributed by atoms with Gasteiger partial charge in [0.1, 0.15) is 0 Å². The molecule has 1 aromatic rings. The summed E-state index contributed by atoms with van der Waals surface area (Å²) in [5.74, 6) is 0.944. The first-order valence-electron chi connectivity index (χ1n) is 10.3. The van der Waals surface area contributed by atoms with Gasteiger partial charge in [-0.1, -0.05) is 37.3 Å². The number of hydrogen-bond acceptors (Lipinski definition) is 3. The molecule has 2 fully saturated rings. The fraction of sp³-hybridized carbons (Fsp3) is 0.667. The minimum Gasteiger partial charge on any atom is -0.355 e. The van der Waals surface area contributed by atoms with Crippen molar-refractivity contribution < 1.29 is 0 Å². The fourth-order valence-corrected chi connectivity index (χ4v) is 4.34. The Morgan fingerprint density at radius 3 is 2.23 bits per heavy atom. The van der Waals surface area contributed by atoms with Crippen LogP contribution < -0.4 is 10.6 Å². The third kappa shape index (κ3) is 5.21. The molecule has 0 spiro atoms. The standard InChI is InChI=1S/C21H35N5/c1-3-25-13-7-11-19(25)15-23-21(22-2)24-16-20-12-8-14-26(20)17-18-9-5-4-6-10-18/h4-6,9-10,19-20H,3,7-8,11-17H2,1-2H3,(H2,22,23,24). The molecule has 0 aliphatic carbocycles. The van der Waals surface area contributed by atoms with Gasteiger partial charge in [0.05, 0.1) is 0 Å². The molecule has 2 N–H and O–H groups in total. The van der Waals surface area contributed by atoms with Crippen LogP contribution in [0.15, 0.2) is 35.3 Å². The first kappa shape index (κ1) is 19.2. The molecule has 0 radical (unpaired) electrons. The van der Waals surface area contributed by atoms with Crippen LogP contribution in [0.2, 0.25) is 0 Å². The van der Waals surface area contributed by atoms with E-state index in [0.29, 0.717) is 12.1 Å². The van der Waals surface area contributed by atoms with Crippen LogP contribution in [0, 0.1) is 0 Å². The van der Waals surface area contributed by atoms with Gasteiger partial charge in [-0.3, -0.25) is 14.8 Å². The highest BCUT2D eigenvalue weighted by Crippen LogP contribution is 2.19. The smallest absolute Gasteiger partial charge is 0.191 e. The summed E-state index contributed by atoms with van der Waals surface area (Å²) in [5.41, 5.74) is 1.41. The van der Waals surface area contributed by atoms with E-state index in [1.165, 1.54) is 44.3 Å². The zero-order valence-corrected chi connectivity index (χ0v) is 16.5. The maximum absolute atomic E-state index is 4.43. The molecule has 0 aromatic heterocycles. The molecule has 144 valence electrons. The molecular weight excluding hydrogens is 322 g/mol. The number of likely N-dealkylation sites (tertiary alicyclic amines) is 2. The van der Waals surface area contributed by atoms with Crippen molar-refractivity contribution in [3.63, 3.8) is 0 Å². The summed E-state index contributed by atoms with van der Waals surface area (Å²) >= 11 is 0. The molecule has 0 saturated carbocycles. The van der Waals surface area contributed by atoms with Crippen LogP contribution >= 0.6 is 0 Å². The monoisotopic (exact) mass is 357 g/mol. The van der Waals surface area contributed by atoms with Crippen LogP contribution in [0.4, 0.5) is 0 Å². The van der Waals surface area contributed by atoms with Gasteiger partial charge in [0.15, 0.2) is 5.96 Å². The molecule has 0 bridgehead atoms. The van der Waals surface area contributed by atoms with Gasteiger partial charge in [0.2, 0.25) is 0 Å². The number of nitrogens with zero attached hydrogens (tertiary/aromatic N) is 3. The van der Waals surface area contributed by atoms with Crippen molar-refractivity contribution >= 4 is 5.96 Å². The molecule has 2 aliphatic rings. The van der Waals surface area contributed by atoms with Gasteiger partial charge in [0.25, 0.3) is 0 Å². The Morgan fingerprint density at radius 1 is 1.00 bits per heavy atom. The molecule has 2 heterocycles. The predicted molar refractivity (Wildman–Crippen MR) is 110 cm³/mol. The number of guanidine groups is 1. The lowest BCUT2D eigenvalue weighted by Crippen LogP contribution is -2.48. The molecule has 2 unspecified atom stereocenters. The van der Waals surface area contributed by atoms with Crippen LogP contribution in [0.5, 0.6) is 0 Å². The molecule has 2 aliphatic heterocycles. The quantitative estimate of drug-likeness (QED) is 0.580. The topological polar surface area (TPSA) is 42.9 Å². The lowest BCUT2D eigenvalue weighted by Gasteiger charge is -2.27. The average Bonchev–Trinajstić information content (AvgIpc) is 3.32. The van der Waals surface area contributed by atoms with E-state index in [1.54, 1.807) is 0 Å². The number of nitrogens with one attached hydrogen (secondary N) is 2. The molecule has 0 amide bonds. The van der Waals surface area contributed by atoms with Crippen LogP contribution in [0.3, 0.4) is 0 Å². The largest absolute Gasteiger partial charge is 0.355 e. The van der Waals surface area contributed by atoms with Crippen LogP contribution in [0.1, 0.15) is 38.2 Å². The Kier molecular flexibility index (Phi) is 7.32. The van der Waals surface area contributed by atoms with Crippen molar-refractivity contribution in [1.29, 1.82) is 0 Å². The molecule has 2 saturated heterocycles. The van der Waals surface area contributed by atoms with Gasteiger partial charge in [0, 0.05) is 38.8 Å². The van der Waals surface area contributed by atoms with E-state index in [1.807, 2.05) is 7.05 Å². The van der Waals surface area contributed by atoms with Gasteiger partial charge < -0.3 is 10.6 Å². The van der Waals surface area contributed by atoms with Gasteiger partial charge in [-0.15, -0.1) is 0 Å². The fourth-order valence-electron chi connectivity index (χ4n) is 4.34. The second-order valence-electron chi connectivity index (χ2n) is 7.51. The Labute approximate surface area is 158 Å². The lowest BCUT2D eigenvalue weighted by molar-refractivity contribution is 0.244. The van der Waals surface area contributed by atoms with Crippen molar-refractivity contribution in [2.24, 2.45) is 4.99 Å². The number of likely N-dealkylation sites (N-methyl/N-ethyl adjacent to an activating group) is 1. The normalized spacial score (nSPS) is 24.9. The number of benzene rings is 1. The van der Waals surface area contributed by atoms with Crippen LogP contribution in [0.25, 0.3) is 0 Å². The van der Waals surface area contributed by atoms with Crippen molar-refractivity contribution in [2.75, 3.05) is 39.8 Å². The van der Waals surface area contributed by atoms with Gasteiger partial charge in [-0.2, -0.15) is 0 Å². The number of rotatable bonds is 7. The number of aliphatic imine (C=N–C) groups is 1. The SMILES string of the molecule is CCN1CCCC1CNC(=NC)NCC1CCCN1Cc1ccccc1. The third-order valence-electron chi connectivity index (χ3n) is 5.87. The van der Waals surface area contributed by atoms with Crippen molar-refractivity contribution in [1.82, 2.24) is 20.4 Å².